The lowest BCUT2D eigenvalue weighted by molar-refractivity contribution is -0.236. The minimum Gasteiger partial charge on any atom is -0.388 e. The second-order valence-corrected chi connectivity index (χ2v) is 4.64. The summed E-state index contributed by atoms with van der Waals surface area (Å²) in [5.74, 6) is 0. The lowest BCUT2D eigenvalue weighted by atomic mass is 9.80. The molecule has 1 aromatic rings. The Bertz CT molecular complexity index is 367. The van der Waals surface area contributed by atoms with Gasteiger partial charge in [0.1, 0.15) is 17.8 Å². The first kappa shape index (κ1) is 12.5. The van der Waals surface area contributed by atoms with Gasteiger partial charge in [0.05, 0.1) is 12.7 Å². The van der Waals surface area contributed by atoms with Crippen LogP contribution in [0.1, 0.15) is 12.5 Å². The van der Waals surface area contributed by atoms with Gasteiger partial charge in [-0.05, 0) is 12.5 Å². The molecule has 3 N–H and O–H groups in total. The average molecular weight is 238 g/mol. The van der Waals surface area contributed by atoms with Gasteiger partial charge in [0, 0.05) is 6.42 Å². The normalized spacial score (nSPS) is 38.0. The topological polar surface area (TPSA) is 69.9 Å². The number of aliphatic hydroxyl groups is 3. The Morgan fingerprint density at radius 1 is 1.29 bits per heavy atom. The Balaban J connectivity index is 2.21. The van der Waals surface area contributed by atoms with E-state index >= 15 is 0 Å². The monoisotopic (exact) mass is 238 g/mol. The van der Waals surface area contributed by atoms with Gasteiger partial charge in [-0.2, -0.15) is 0 Å². The molecule has 94 valence electrons. The molecule has 0 aromatic heterocycles. The zero-order valence-corrected chi connectivity index (χ0v) is 9.78. The molecule has 1 aliphatic heterocycles. The Labute approximate surface area is 100 Å². The van der Waals surface area contributed by atoms with Crippen molar-refractivity contribution >= 4 is 0 Å². The molecule has 4 heteroatoms. The molecule has 1 aromatic carbocycles. The zero-order valence-electron chi connectivity index (χ0n) is 9.78. The van der Waals surface area contributed by atoms with Crippen LogP contribution in [0.25, 0.3) is 0 Å². The van der Waals surface area contributed by atoms with Crippen molar-refractivity contribution in [1.82, 2.24) is 0 Å². The van der Waals surface area contributed by atoms with Gasteiger partial charge in [0.15, 0.2) is 0 Å². The maximum absolute atomic E-state index is 10.5. The van der Waals surface area contributed by atoms with Crippen molar-refractivity contribution in [3.63, 3.8) is 0 Å². The van der Waals surface area contributed by atoms with E-state index in [0.29, 0.717) is 0 Å². The lowest BCUT2D eigenvalue weighted by Crippen LogP contribution is -2.63. The minimum atomic E-state index is -1.45. The summed E-state index contributed by atoms with van der Waals surface area (Å²) in [7, 11) is 0. The highest BCUT2D eigenvalue weighted by Crippen LogP contribution is 2.29. The molecule has 17 heavy (non-hydrogen) atoms. The van der Waals surface area contributed by atoms with E-state index in [0.717, 1.165) is 5.56 Å². The lowest BCUT2D eigenvalue weighted by Gasteiger charge is -2.44. The molecule has 2 unspecified atom stereocenters. The van der Waals surface area contributed by atoms with Crippen LogP contribution in [-0.2, 0) is 11.2 Å². The fourth-order valence-corrected chi connectivity index (χ4v) is 2.22. The Morgan fingerprint density at radius 2 is 1.94 bits per heavy atom. The van der Waals surface area contributed by atoms with Gasteiger partial charge in [-0.1, -0.05) is 30.3 Å². The van der Waals surface area contributed by atoms with Crippen LogP contribution in [0.3, 0.4) is 0 Å². The summed E-state index contributed by atoms with van der Waals surface area (Å²) >= 11 is 0. The van der Waals surface area contributed by atoms with E-state index in [1.807, 2.05) is 30.3 Å². The first-order valence-corrected chi connectivity index (χ1v) is 5.78. The molecular formula is C13H18O4. The molecule has 4 atom stereocenters. The van der Waals surface area contributed by atoms with E-state index in [-0.39, 0.29) is 13.0 Å². The van der Waals surface area contributed by atoms with Crippen LogP contribution in [0.4, 0.5) is 0 Å². The molecule has 0 bridgehead atoms. The number of aliphatic hydroxyl groups excluding tert-OH is 2. The van der Waals surface area contributed by atoms with Crippen LogP contribution >= 0.6 is 0 Å². The number of hydrogen-bond acceptors (Lipinski definition) is 4. The summed E-state index contributed by atoms with van der Waals surface area (Å²) in [5.41, 5.74) is -0.544. The first-order chi connectivity index (χ1) is 8.04. The molecule has 0 spiro atoms. The van der Waals surface area contributed by atoms with Crippen molar-refractivity contribution in [3.05, 3.63) is 35.9 Å². The van der Waals surface area contributed by atoms with E-state index < -0.39 is 23.9 Å². The van der Waals surface area contributed by atoms with Gasteiger partial charge >= 0.3 is 0 Å². The molecule has 1 heterocycles. The maximum atomic E-state index is 10.5. The molecule has 0 saturated carbocycles. The molecular weight excluding hydrogens is 220 g/mol. The number of hydrogen-bond donors (Lipinski definition) is 3. The third-order valence-corrected chi connectivity index (χ3v) is 3.43. The second kappa shape index (κ2) is 4.74. The van der Waals surface area contributed by atoms with Crippen LogP contribution in [0.5, 0.6) is 0 Å². The van der Waals surface area contributed by atoms with Crippen LogP contribution in [0.2, 0.25) is 0 Å². The minimum absolute atomic E-state index is 0.0550. The van der Waals surface area contributed by atoms with E-state index in [1.165, 1.54) is 0 Å². The summed E-state index contributed by atoms with van der Waals surface area (Å²) < 4.78 is 5.29. The van der Waals surface area contributed by atoms with Crippen molar-refractivity contribution < 1.29 is 20.1 Å². The smallest absolute Gasteiger partial charge is 0.123 e. The fraction of sp³-hybridized carbons (Fsp3) is 0.538. The summed E-state index contributed by atoms with van der Waals surface area (Å²) in [6, 6.07) is 9.38. The summed E-state index contributed by atoms with van der Waals surface area (Å²) in [5, 5.41) is 30.0. The van der Waals surface area contributed by atoms with Gasteiger partial charge in [0.25, 0.3) is 0 Å². The molecule has 0 radical (unpaired) electrons. The molecule has 4 nitrogen and oxygen atoms in total. The molecule has 0 amide bonds. The van der Waals surface area contributed by atoms with Gasteiger partial charge in [-0.3, -0.25) is 0 Å². The van der Waals surface area contributed by atoms with Crippen LogP contribution < -0.4 is 0 Å². The van der Waals surface area contributed by atoms with Gasteiger partial charge < -0.3 is 20.1 Å². The second-order valence-electron chi connectivity index (χ2n) is 4.64. The van der Waals surface area contributed by atoms with Crippen LogP contribution in [0, 0.1) is 0 Å². The third-order valence-electron chi connectivity index (χ3n) is 3.43. The number of rotatable bonds is 2. The summed E-state index contributed by atoms with van der Waals surface area (Å²) in [6.45, 7) is 1.76. The highest BCUT2D eigenvalue weighted by atomic mass is 16.5. The number of benzene rings is 1. The molecule has 1 aliphatic rings. The van der Waals surface area contributed by atoms with E-state index in [9.17, 15) is 15.3 Å². The summed E-state index contributed by atoms with van der Waals surface area (Å²) in [6.07, 6.45) is -2.49. The largest absolute Gasteiger partial charge is 0.388 e. The van der Waals surface area contributed by atoms with E-state index in [1.54, 1.807) is 6.92 Å². The third kappa shape index (κ3) is 2.35. The van der Waals surface area contributed by atoms with Gasteiger partial charge in [-0.25, -0.2) is 0 Å². The van der Waals surface area contributed by atoms with E-state index in [4.69, 9.17) is 4.74 Å². The van der Waals surface area contributed by atoms with Crippen molar-refractivity contribution in [1.29, 1.82) is 0 Å². The standard InChI is InChI=1S/C13H18O4/c1-9-13(16,12(15)11(14)8-17-9)7-10-5-3-2-4-6-10/h2-6,9,11-12,14-16H,7-8H2,1H3/t9?,11?,12-,13-/m1/s1. The SMILES string of the molecule is CC1OCC(O)[C@@H](O)[C@@]1(O)Cc1ccccc1. The van der Waals surface area contributed by atoms with Crippen molar-refractivity contribution in [2.24, 2.45) is 0 Å². The molecule has 1 saturated heterocycles. The summed E-state index contributed by atoms with van der Waals surface area (Å²) in [4.78, 5) is 0. The maximum Gasteiger partial charge on any atom is 0.123 e. The quantitative estimate of drug-likeness (QED) is 0.683. The molecule has 1 fully saturated rings. The Kier molecular flexibility index (Phi) is 3.49. The Morgan fingerprint density at radius 3 is 2.59 bits per heavy atom. The van der Waals surface area contributed by atoms with Crippen molar-refractivity contribution in [2.45, 2.75) is 37.3 Å². The zero-order chi connectivity index (χ0) is 12.5. The Hall–Kier alpha value is -0.940. The van der Waals surface area contributed by atoms with E-state index in [2.05, 4.69) is 0 Å². The first-order valence-electron chi connectivity index (χ1n) is 5.78. The molecule has 2 rings (SSSR count). The number of ether oxygens (including phenoxy) is 1. The highest BCUT2D eigenvalue weighted by molar-refractivity contribution is 5.19. The van der Waals surface area contributed by atoms with Crippen molar-refractivity contribution in [3.8, 4) is 0 Å². The predicted octanol–water partition coefficient (Wildman–Crippen LogP) is 0.101. The highest BCUT2D eigenvalue weighted by Gasteiger charge is 2.48. The van der Waals surface area contributed by atoms with Crippen LogP contribution in [0.15, 0.2) is 30.3 Å². The fourth-order valence-electron chi connectivity index (χ4n) is 2.22. The molecule has 0 aliphatic carbocycles. The van der Waals surface area contributed by atoms with Gasteiger partial charge in [-0.15, -0.1) is 0 Å². The van der Waals surface area contributed by atoms with Gasteiger partial charge in [0.2, 0.25) is 0 Å². The predicted molar refractivity (Wildman–Crippen MR) is 62.5 cm³/mol. The van der Waals surface area contributed by atoms with Crippen LogP contribution in [-0.4, -0.2) is 45.8 Å². The van der Waals surface area contributed by atoms with Crippen molar-refractivity contribution in [2.75, 3.05) is 6.61 Å². The average Bonchev–Trinajstić information content (AvgIpc) is 2.34.